The SMILES string of the molecule is O=C(NCCNc1cccc2c(S(=O)(=O)Cl)cccc12)C1COC1. The van der Waals surface area contributed by atoms with Crippen LogP contribution < -0.4 is 10.6 Å². The van der Waals surface area contributed by atoms with Crippen molar-refractivity contribution in [1.82, 2.24) is 5.32 Å². The van der Waals surface area contributed by atoms with Crippen LogP contribution in [-0.2, 0) is 18.6 Å². The van der Waals surface area contributed by atoms with Gasteiger partial charge >= 0.3 is 0 Å². The van der Waals surface area contributed by atoms with Gasteiger partial charge in [0, 0.05) is 40.2 Å². The number of carbonyl (C=O) groups excluding carboxylic acids is 1. The van der Waals surface area contributed by atoms with Gasteiger partial charge in [0.1, 0.15) is 0 Å². The average molecular weight is 369 g/mol. The first-order chi connectivity index (χ1) is 11.5. The molecule has 1 aliphatic rings. The Labute approximate surface area is 144 Å². The van der Waals surface area contributed by atoms with E-state index in [1.54, 1.807) is 18.2 Å². The fraction of sp³-hybridized carbons (Fsp3) is 0.312. The molecule has 8 heteroatoms. The van der Waals surface area contributed by atoms with E-state index in [0.717, 1.165) is 11.1 Å². The van der Waals surface area contributed by atoms with Crippen molar-refractivity contribution in [3.63, 3.8) is 0 Å². The molecule has 0 saturated carbocycles. The predicted molar refractivity (Wildman–Crippen MR) is 92.8 cm³/mol. The van der Waals surface area contributed by atoms with Gasteiger partial charge in [0.25, 0.3) is 9.05 Å². The maximum Gasteiger partial charge on any atom is 0.261 e. The van der Waals surface area contributed by atoms with Gasteiger partial charge in [-0.1, -0.05) is 24.3 Å². The molecule has 128 valence electrons. The predicted octanol–water partition coefficient (Wildman–Crippen LogP) is 1.94. The van der Waals surface area contributed by atoms with Gasteiger partial charge in [-0.05, 0) is 12.1 Å². The largest absolute Gasteiger partial charge is 0.383 e. The molecule has 0 radical (unpaired) electrons. The van der Waals surface area contributed by atoms with Crippen LogP contribution in [0.15, 0.2) is 41.3 Å². The summed E-state index contributed by atoms with van der Waals surface area (Å²) in [5.74, 6) is -0.0458. The summed E-state index contributed by atoms with van der Waals surface area (Å²) in [5, 5.41) is 7.38. The van der Waals surface area contributed by atoms with Gasteiger partial charge in [0.05, 0.1) is 24.0 Å². The van der Waals surface area contributed by atoms with E-state index in [1.165, 1.54) is 6.07 Å². The monoisotopic (exact) mass is 368 g/mol. The fourth-order valence-electron chi connectivity index (χ4n) is 2.56. The Morgan fingerprint density at radius 1 is 1.12 bits per heavy atom. The molecule has 6 nitrogen and oxygen atoms in total. The zero-order valence-electron chi connectivity index (χ0n) is 12.8. The van der Waals surface area contributed by atoms with Gasteiger partial charge < -0.3 is 15.4 Å². The molecule has 0 bridgehead atoms. The molecule has 24 heavy (non-hydrogen) atoms. The minimum Gasteiger partial charge on any atom is -0.383 e. The van der Waals surface area contributed by atoms with Gasteiger partial charge in [-0.3, -0.25) is 4.79 Å². The molecule has 1 saturated heterocycles. The molecule has 2 aromatic rings. The van der Waals surface area contributed by atoms with Crippen molar-refractivity contribution >= 4 is 42.1 Å². The van der Waals surface area contributed by atoms with Crippen LogP contribution in [0, 0.1) is 5.92 Å². The molecule has 1 amide bonds. The molecule has 0 spiro atoms. The summed E-state index contributed by atoms with van der Waals surface area (Å²) in [7, 11) is 1.68. The highest BCUT2D eigenvalue weighted by molar-refractivity contribution is 8.14. The standard InChI is InChI=1S/C16H17ClN2O4S/c17-24(21,22)15-6-2-3-12-13(15)4-1-5-14(12)18-7-8-19-16(20)11-9-23-10-11/h1-6,11,18H,7-10H2,(H,19,20). The highest BCUT2D eigenvalue weighted by Crippen LogP contribution is 2.30. The molecular weight excluding hydrogens is 352 g/mol. The second kappa shape index (κ2) is 6.96. The second-order valence-corrected chi connectivity index (χ2v) is 8.08. The van der Waals surface area contributed by atoms with E-state index in [4.69, 9.17) is 15.4 Å². The van der Waals surface area contributed by atoms with Gasteiger partial charge in [-0.2, -0.15) is 0 Å². The Bertz CT molecular complexity index is 866. The Morgan fingerprint density at radius 2 is 1.83 bits per heavy atom. The normalized spacial score (nSPS) is 15.0. The van der Waals surface area contributed by atoms with Crippen LogP contribution >= 0.6 is 10.7 Å². The van der Waals surface area contributed by atoms with Crippen molar-refractivity contribution in [1.29, 1.82) is 0 Å². The molecule has 0 aromatic heterocycles. The van der Waals surface area contributed by atoms with Gasteiger partial charge in [-0.25, -0.2) is 8.42 Å². The molecule has 1 aliphatic heterocycles. The number of benzene rings is 2. The van der Waals surface area contributed by atoms with E-state index < -0.39 is 9.05 Å². The number of carbonyl (C=O) groups is 1. The number of ether oxygens (including phenoxy) is 1. The Kier molecular flexibility index (Phi) is 4.93. The van der Waals surface area contributed by atoms with Crippen LogP contribution in [0.2, 0.25) is 0 Å². The van der Waals surface area contributed by atoms with E-state index in [-0.39, 0.29) is 16.7 Å². The number of hydrogen-bond donors (Lipinski definition) is 2. The number of nitrogens with one attached hydrogen (secondary N) is 2. The molecular formula is C16H17ClN2O4S. The van der Waals surface area contributed by atoms with Crippen LogP contribution in [0.25, 0.3) is 10.8 Å². The number of amides is 1. The lowest BCUT2D eigenvalue weighted by atomic mass is 10.1. The van der Waals surface area contributed by atoms with Crippen molar-refractivity contribution in [2.24, 2.45) is 5.92 Å². The van der Waals surface area contributed by atoms with Gasteiger partial charge in [0.15, 0.2) is 0 Å². The third kappa shape index (κ3) is 3.63. The van der Waals surface area contributed by atoms with Crippen LogP contribution in [0.5, 0.6) is 0 Å². The Hall–Kier alpha value is -1.83. The molecule has 0 atom stereocenters. The Morgan fingerprint density at radius 3 is 2.50 bits per heavy atom. The van der Waals surface area contributed by atoms with Crippen molar-refractivity contribution in [2.45, 2.75) is 4.90 Å². The summed E-state index contributed by atoms with van der Waals surface area (Å²) >= 11 is 0. The quantitative estimate of drug-likeness (QED) is 0.601. The molecule has 2 aromatic carbocycles. The summed E-state index contributed by atoms with van der Waals surface area (Å²) < 4.78 is 28.3. The first kappa shape index (κ1) is 17.0. The molecule has 0 unspecified atom stereocenters. The van der Waals surface area contributed by atoms with Crippen LogP contribution in [0.1, 0.15) is 0 Å². The Balaban J connectivity index is 1.70. The molecule has 1 fully saturated rings. The van der Waals surface area contributed by atoms with Crippen molar-refractivity contribution in [3.8, 4) is 0 Å². The number of rotatable bonds is 6. The number of anilines is 1. The van der Waals surface area contributed by atoms with Crippen LogP contribution in [-0.4, -0.2) is 40.6 Å². The number of fused-ring (bicyclic) bond motifs is 1. The third-order valence-corrected chi connectivity index (χ3v) is 5.27. The van der Waals surface area contributed by atoms with Crippen molar-refractivity contribution in [2.75, 3.05) is 31.6 Å². The maximum absolute atomic E-state index is 11.7. The third-order valence-electron chi connectivity index (χ3n) is 3.89. The summed E-state index contributed by atoms with van der Waals surface area (Å²) in [5.41, 5.74) is 0.788. The van der Waals surface area contributed by atoms with E-state index in [9.17, 15) is 13.2 Å². The fourth-order valence-corrected chi connectivity index (χ4v) is 3.65. The number of hydrogen-bond acceptors (Lipinski definition) is 5. The summed E-state index contributed by atoms with van der Waals surface area (Å²) in [6, 6.07) is 10.3. The lowest BCUT2D eigenvalue weighted by molar-refractivity contribution is -0.138. The van der Waals surface area contributed by atoms with E-state index >= 15 is 0 Å². The minimum atomic E-state index is -3.81. The molecule has 3 rings (SSSR count). The highest BCUT2D eigenvalue weighted by Gasteiger charge is 2.25. The smallest absolute Gasteiger partial charge is 0.261 e. The zero-order chi connectivity index (χ0) is 17.2. The summed E-state index contributed by atoms with van der Waals surface area (Å²) in [6.07, 6.45) is 0. The first-order valence-corrected chi connectivity index (χ1v) is 9.83. The van der Waals surface area contributed by atoms with Gasteiger partial charge in [0.2, 0.25) is 5.91 Å². The number of halogens is 1. The van der Waals surface area contributed by atoms with Gasteiger partial charge in [-0.15, -0.1) is 0 Å². The van der Waals surface area contributed by atoms with Crippen LogP contribution in [0.3, 0.4) is 0 Å². The molecule has 1 heterocycles. The average Bonchev–Trinajstić information content (AvgIpc) is 2.48. The zero-order valence-corrected chi connectivity index (χ0v) is 14.4. The first-order valence-electron chi connectivity index (χ1n) is 7.52. The van der Waals surface area contributed by atoms with Crippen molar-refractivity contribution in [3.05, 3.63) is 36.4 Å². The van der Waals surface area contributed by atoms with E-state index in [0.29, 0.717) is 31.7 Å². The van der Waals surface area contributed by atoms with Crippen LogP contribution in [0.4, 0.5) is 5.69 Å². The van der Waals surface area contributed by atoms with Crippen molar-refractivity contribution < 1.29 is 17.9 Å². The highest BCUT2D eigenvalue weighted by atomic mass is 35.7. The summed E-state index contributed by atoms with van der Waals surface area (Å²) in [4.78, 5) is 11.8. The summed E-state index contributed by atoms with van der Waals surface area (Å²) in [6.45, 7) is 1.96. The lowest BCUT2D eigenvalue weighted by Crippen LogP contribution is -2.43. The van der Waals surface area contributed by atoms with E-state index in [2.05, 4.69) is 10.6 Å². The van der Waals surface area contributed by atoms with E-state index in [1.807, 2.05) is 12.1 Å². The molecule has 0 aliphatic carbocycles. The maximum atomic E-state index is 11.7. The minimum absolute atomic E-state index is 0.00325. The molecule has 2 N–H and O–H groups in total. The topological polar surface area (TPSA) is 84.5 Å². The lowest BCUT2D eigenvalue weighted by Gasteiger charge is -2.24. The second-order valence-electron chi connectivity index (χ2n) is 5.55.